The van der Waals surface area contributed by atoms with Crippen molar-refractivity contribution in [1.29, 1.82) is 0 Å². The molecule has 0 saturated heterocycles. The summed E-state index contributed by atoms with van der Waals surface area (Å²) in [5.74, 6) is -0.547. The van der Waals surface area contributed by atoms with Crippen LogP contribution in [-0.4, -0.2) is 46.9 Å². The lowest BCUT2D eigenvalue weighted by Crippen LogP contribution is -2.46. The second-order valence-corrected chi connectivity index (χ2v) is 13.7. The van der Waals surface area contributed by atoms with Crippen molar-refractivity contribution in [2.75, 3.05) is 6.61 Å². The number of ether oxygens (including phenoxy) is 1. The molecule has 6 nitrogen and oxygen atoms in total. The average molecular weight is 700 g/mol. The molecule has 0 fully saturated rings. The van der Waals surface area contributed by atoms with Crippen LogP contribution in [0.25, 0.3) is 0 Å². The van der Waals surface area contributed by atoms with Crippen molar-refractivity contribution in [3.8, 4) is 0 Å². The molecule has 1 amide bonds. The molecule has 3 N–H and O–H groups in total. The molecule has 3 unspecified atom stereocenters. The molecule has 0 rings (SSSR count). The lowest BCUT2D eigenvalue weighted by molar-refractivity contribution is -0.151. The predicted molar refractivity (Wildman–Crippen MR) is 213 cm³/mol. The molecule has 0 heterocycles. The zero-order valence-corrected chi connectivity index (χ0v) is 32.5. The van der Waals surface area contributed by atoms with Crippen LogP contribution in [-0.2, 0) is 14.3 Å². The van der Waals surface area contributed by atoms with Gasteiger partial charge < -0.3 is 20.3 Å². The minimum absolute atomic E-state index is 0.0479. The van der Waals surface area contributed by atoms with Crippen LogP contribution in [0.5, 0.6) is 0 Å². The van der Waals surface area contributed by atoms with E-state index in [2.05, 4.69) is 56.5 Å². The molecular formula is C44H77NO5. The zero-order chi connectivity index (χ0) is 36.8. The Morgan fingerprint density at radius 2 is 1.12 bits per heavy atom. The number of carbonyl (C=O) groups excluding carboxylic acids is 2. The SMILES string of the molecule is CC/C=C/C=C/C=C\C=C/CCCCCC(=O)OC(CCCCC/C=C\CCCC)CC(=O)NC(CO)C(O)CCCCCCCCCCC. The highest BCUT2D eigenvalue weighted by molar-refractivity contribution is 5.77. The lowest BCUT2D eigenvalue weighted by Gasteiger charge is -2.24. The highest BCUT2D eigenvalue weighted by Crippen LogP contribution is 2.16. The van der Waals surface area contributed by atoms with E-state index in [-0.39, 0.29) is 24.9 Å². The Bertz CT molecular complexity index is 921. The van der Waals surface area contributed by atoms with Crippen molar-refractivity contribution >= 4 is 11.9 Å². The van der Waals surface area contributed by atoms with Gasteiger partial charge in [-0.2, -0.15) is 0 Å². The highest BCUT2D eigenvalue weighted by Gasteiger charge is 2.24. The maximum atomic E-state index is 13.0. The van der Waals surface area contributed by atoms with E-state index in [4.69, 9.17) is 4.74 Å². The van der Waals surface area contributed by atoms with Gasteiger partial charge in [0.15, 0.2) is 0 Å². The van der Waals surface area contributed by atoms with Crippen molar-refractivity contribution in [2.24, 2.45) is 0 Å². The summed E-state index contributed by atoms with van der Waals surface area (Å²) in [6.45, 7) is 6.23. The number of esters is 1. The Balaban J connectivity index is 4.68. The lowest BCUT2D eigenvalue weighted by atomic mass is 10.0. The number of aliphatic hydroxyl groups is 2. The van der Waals surface area contributed by atoms with Gasteiger partial charge in [-0.1, -0.05) is 165 Å². The predicted octanol–water partition coefficient (Wildman–Crippen LogP) is 11.3. The average Bonchev–Trinajstić information content (AvgIpc) is 3.10. The first-order chi connectivity index (χ1) is 24.5. The molecule has 288 valence electrons. The van der Waals surface area contributed by atoms with Crippen LogP contribution in [0.3, 0.4) is 0 Å². The molecule has 3 atom stereocenters. The summed E-state index contributed by atoms with van der Waals surface area (Å²) < 4.78 is 5.84. The summed E-state index contributed by atoms with van der Waals surface area (Å²) in [6.07, 6.45) is 44.3. The molecule has 0 aromatic carbocycles. The van der Waals surface area contributed by atoms with Gasteiger partial charge in [-0.15, -0.1) is 0 Å². The Hall–Kier alpha value is -2.44. The molecule has 0 bridgehead atoms. The van der Waals surface area contributed by atoms with E-state index < -0.39 is 18.2 Å². The number of hydrogen-bond donors (Lipinski definition) is 3. The monoisotopic (exact) mass is 700 g/mol. The van der Waals surface area contributed by atoms with E-state index in [0.29, 0.717) is 19.3 Å². The van der Waals surface area contributed by atoms with Crippen LogP contribution >= 0.6 is 0 Å². The summed E-state index contributed by atoms with van der Waals surface area (Å²) in [5.41, 5.74) is 0. The minimum atomic E-state index is -0.796. The van der Waals surface area contributed by atoms with Crippen LogP contribution in [0.1, 0.15) is 181 Å². The number of nitrogens with one attached hydrogen (secondary N) is 1. The van der Waals surface area contributed by atoms with Gasteiger partial charge in [0.25, 0.3) is 0 Å². The van der Waals surface area contributed by atoms with Crippen LogP contribution in [0, 0.1) is 0 Å². The van der Waals surface area contributed by atoms with Crippen molar-refractivity contribution < 1.29 is 24.5 Å². The zero-order valence-electron chi connectivity index (χ0n) is 32.5. The molecule has 0 aromatic rings. The summed E-state index contributed by atoms with van der Waals surface area (Å²) in [4.78, 5) is 25.8. The number of amides is 1. The molecule has 0 saturated carbocycles. The Labute approximate surface area is 308 Å². The standard InChI is InChI=1S/C44H77NO5/c1-4-7-10-13-16-19-20-21-22-25-28-31-34-37-44(49)50-40(35-32-29-26-23-17-14-11-8-5-2)38-43(48)45-41(39-46)42(47)36-33-30-27-24-18-15-12-9-6-3/h7,10,13-14,16-17,19-22,40-42,46-47H,4-6,8-9,11-12,15,18,23-39H2,1-3H3,(H,45,48)/b10-7+,16-13+,17-14-,20-19-,22-21-. The first kappa shape index (κ1) is 47.6. The van der Waals surface area contributed by atoms with Crippen LogP contribution < -0.4 is 5.32 Å². The van der Waals surface area contributed by atoms with Crippen molar-refractivity contribution in [2.45, 2.75) is 200 Å². The Kier molecular flexibility index (Phi) is 36.0. The van der Waals surface area contributed by atoms with E-state index in [1.165, 1.54) is 51.4 Å². The molecule has 0 aromatic heterocycles. The maximum absolute atomic E-state index is 13.0. The summed E-state index contributed by atoms with van der Waals surface area (Å²) in [6, 6.07) is -0.712. The second kappa shape index (κ2) is 37.8. The van der Waals surface area contributed by atoms with Crippen LogP contribution in [0.15, 0.2) is 60.8 Å². The Morgan fingerprint density at radius 1 is 0.600 bits per heavy atom. The number of allylic oxidation sites excluding steroid dienone is 10. The summed E-state index contributed by atoms with van der Waals surface area (Å²) in [5, 5.41) is 23.5. The second-order valence-electron chi connectivity index (χ2n) is 13.7. The van der Waals surface area contributed by atoms with Gasteiger partial charge in [-0.25, -0.2) is 0 Å². The van der Waals surface area contributed by atoms with Crippen LogP contribution in [0.2, 0.25) is 0 Å². The molecule has 50 heavy (non-hydrogen) atoms. The first-order valence-corrected chi connectivity index (χ1v) is 20.6. The van der Waals surface area contributed by atoms with Gasteiger partial charge in [-0.3, -0.25) is 9.59 Å². The molecule has 0 aliphatic rings. The van der Waals surface area contributed by atoms with Gasteiger partial charge in [-0.05, 0) is 64.2 Å². The van der Waals surface area contributed by atoms with Crippen molar-refractivity contribution in [3.05, 3.63) is 60.8 Å². The third-order valence-electron chi connectivity index (χ3n) is 8.93. The largest absolute Gasteiger partial charge is 0.462 e. The number of hydrogen-bond acceptors (Lipinski definition) is 5. The fraction of sp³-hybridized carbons (Fsp3) is 0.727. The third-order valence-corrected chi connectivity index (χ3v) is 8.93. The van der Waals surface area contributed by atoms with E-state index in [1.54, 1.807) is 0 Å². The minimum Gasteiger partial charge on any atom is -0.462 e. The summed E-state index contributed by atoms with van der Waals surface area (Å²) in [7, 11) is 0. The number of rotatable bonds is 35. The van der Waals surface area contributed by atoms with E-state index in [9.17, 15) is 19.8 Å². The normalized spacial score (nSPS) is 14.1. The van der Waals surface area contributed by atoms with Gasteiger partial charge in [0, 0.05) is 6.42 Å². The molecule has 0 radical (unpaired) electrons. The topological polar surface area (TPSA) is 95.9 Å². The molecule has 0 aliphatic carbocycles. The quantitative estimate of drug-likeness (QED) is 0.0265. The Morgan fingerprint density at radius 3 is 1.76 bits per heavy atom. The van der Waals surface area contributed by atoms with Crippen molar-refractivity contribution in [1.82, 2.24) is 5.32 Å². The fourth-order valence-corrected chi connectivity index (χ4v) is 5.77. The molecular weight excluding hydrogens is 622 g/mol. The third kappa shape index (κ3) is 32.7. The van der Waals surface area contributed by atoms with Gasteiger partial charge >= 0.3 is 5.97 Å². The van der Waals surface area contributed by atoms with E-state index in [1.807, 2.05) is 30.4 Å². The summed E-state index contributed by atoms with van der Waals surface area (Å²) >= 11 is 0. The molecule has 0 spiro atoms. The van der Waals surface area contributed by atoms with Crippen LogP contribution in [0.4, 0.5) is 0 Å². The number of aliphatic hydroxyl groups excluding tert-OH is 2. The number of unbranched alkanes of at least 4 members (excludes halogenated alkanes) is 16. The smallest absolute Gasteiger partial charge is 0.306 e. The van der Waals surface area contributed by atoms with Gasteiger partial charge in [0.1, 0.15) is 6.10 Å². The van der Waals surface area contributed by atoms with Gasteiger partial charge in [0.2, 0.25) is 5.91 Å². The molecule has 0 aliphatic heterocycles. The highest BCUT2D eigenvalue weighted by atomic mass is 16.5. The van der Waals surface area contributed by atoms with E-state index in [0.717, 1.165) is 83.5 Å². The number of carbonyl (C=O) groups is 2. The first-order valence-electron chi connectivity index (χ1n) is 20.6. The fourth-order valence-electron chi connectivity index (χ4n) is 5.77. The van der Waals surface area contributed by atoms with Gasteiger partial charge in [0.05, 0.1) is 25.2 Å². The maximum Gasteiger partial charge on any atom is 0.306 e. The molecule has 6 heteroatoms. The van der Waals surface area contributed by atoms with Crippen molar-refractivity contribution in [3.63, 3.8) is 0 Å². The van der Waals surface area contributed by atoms with E-state index >= 15 is 0 Å².